The molecule has 1 saturated heterocycles. The van der Waals surface area contributed by atoms with Crippen molar-refractivity contribution in [3.63, 3.8) is 0 Å². The number of anilines is 1. The Morgan fingerprint density at radius 1 is 1.14 bits per heavy atom. The summed E-state index contributed by atoms with van der Waals surface area (Å²) in [5, 5.41) is 8.36. The highest BCUT2D eigenvalue weighted by atomic mass is 79.9. The molecule has 29 heavy (non-hydrogen) atoms. The molecule has 1 atom stereocenters. The van der Waals surface area contributed by atoms with Crippen molar-refractivity contribution in [1.29, 1.82) is 0 Å². The van der Waals surface area contributed by atoms with Gasteiger partial charge in [-0.05, 0) is 31.4 Å². The molecule has 5 amide bonds. The lowest BCUT2D eigenvalue weighted by molar-refractivity contribution is -0.136. The summed E-state index contributed by atoms with van der Waals surface area (Å²) >= 11 is 3.08. The Morgan fingerprint density at radius 3 is 2.62 bits per heavy atom. The van der Waals surface area contributed by atoms with E-state index in [0.29, 0.717) is 18.8 Å². The van der Waals surface area contributed by atoms with Gasteiger partial charge in [-0.15, -0.1) is 0 Å². The van der Waals surface area contributed by atoms with Crippen LogP contribution >= 0.6 is 15.9 Å². The quantitative estimate of drug-likeness (QED) is 0.296. The molecule has 0 radical (unpaired) electrons. The Bertz CT molecular complexity index is 872. The van der Waals surface area contributed by atoms with Crippen LogP contribution in [0.15, 0.2) is 18.2 Å². The van der Waals surface area contributed by atoms with E-state index in [2.05, 4.69) is 31.9 Å². The van der Waals surface area contributed by atoms with Gasteiger partial charge in [-0.1, -0.05) is 22.0 Å². The van der Waals surface area contributed by atoms with E-state index in [1.54, 1.807) is 18.2 Å². The SMILES string of the molecule is O=C(CBr)NCCCCNc1cccc2c1C(=O)N(C1CCC(=O)NC1=O)C2=O. The minimum absolute atomic E-state index is 0.0727. The molecule has 1 aromatic rings. The number of imide groups is 2. The van der Waals surface area contributed by atoms with Crippen molar-refractivity contribution in [3.05, 3.63) is 29.3 Å². The summed E-state index contributed by atoms with van der Waals surface area (Å²) in [5.41, 5.74) is 1.02. The number of benzene rings is 1. The normalized spacial score (nSPS) is 18.5. The summed E-state index contributed by atoms with van der Waals surface area (Å²) in [6.07, 6.45) is 1.72. The predicted molar refractivity (Wildman–Crippen MR) is 108 cm³/mol. The van der Waals surface area contributed by atoms with Gasteiger partial charge in [0.05, 0.1) is 16.5 Å². The van der Waals surface area contributed by atoms with E-state index in [-0.39, 0.29) is 35.2 Å². The molecular formula is C19H21BrN4O5. The van der Waals surface area contributed by atoms with Gasteiger partial charge in [0, 0.05) is 25.2 Å². The zero-order valence-corrected chi connectivity index (χ0v) is 17.2. The topological polar surface area (TPSA) is 125 Å². The third-order valence-electron chi connectivity index (χ3n) is 4.83. The largest absolute Gasteiger partial charge is 0.384 e. The molecule has 0 bridgehead atoms. The predicted octanol–water partition coefficient (Wildman–Crippen LogP) is 0.791. The fraction of sp³-hybridized carbons (Fsp3) is 0.421. The number of piperidine rings is 1. The van der Waals surface area contributed by atoms with Crippen LogP contribution in [-0.4, -0.2) is 58.9 Å². The minimum atomic E-state index is -0.981. The minimum Gasteiger partial charge on any atom is -0.384 e. The van der Waals surface area contributed by atoms with E-state index in [1.807, 2.05) is 0 Å². The lowest BCUT2D eigenvalue weighted by Gasteiger charge is -2.27. The average Bonchev–Trinajstić information content (AvgIpc) is 2.96. The molecule has 0 spiro atoms. The highest BCUT2D eigenvalue weighted by Crippen LogP contribution is 2.32. The molecule has 9 nitrogen and oxygen atoms in total. The zero-order valence-electron chi connectivity index (χ0n) is 15.6. The van der Waals surface area contributed by atoms with Crippen molar-refractivity contribution >= 4 is 51.2 Å². The van der Waals surface area contributed by atoms with Gasteiger partial charge in [-0.3, -0.25) is 34.2 Å². The average molecular weight is 465 g/mol. The second-order valence-electron chi connectivity index (χ2n) is 6.79. The molecule has 154 valence electrons. The summed E-state index contributed by atoms with van der Waals surface area (Å²) in [5.74, 6) is -2.17. The number of hydrogen-bond donors (Lipinski definition) is 3. The smallest absolute Gasteiger partial charge is 0.264 e. The summed E-state index contributed by atoms with van der Waals surface area (Å²) in [6, 6.07) is 3.97. The zero-order chi connectivity index (χ0) is 21.0. The Labute approximate surface area is 175 Å². The van der Waals surface area contributed by atoms with Crippen LogP contribution in [-0.2, 0) is 14.4 Å². The molecular weight excluding hydrogens is 444 g/mol. The number of amides is 5. The number of fused-ring (bicyclic) bond motifs is 1. The first-order valence-electron chi connectivity index (χ1n) is 9.35. The van der Waals surface area contributed by atoms with Crippen LogP contribution < -0.4 is 16.0 Å². The fourth-order valence-electron chi connectivity index (χ4n) is 3.41. The van der Waals surface area contributed by atoms with Gasteiger partial charge in [0.15, 0.2) is 0 Å². The number of nitrogens with zero attached hydrogens (tertiary/aromatic N) is 1. The first kappa shape index (κ1) is 21.0. The van der Waals surface area contributed by atoms with E-state index in [9.17, 15) is 24.0 Å². The first-order chi connectivity index (χ1) is 13.9. The summed E-state index contributed by atoms with van der Waals surface area (Å²) in [6.45, 7) is 1.11. The van der Waals surface area contributed by atoms with Gasteiger partial charge in [0.1, 0.15) is 6.04 Å². The molecule has 1 aromatic carbocycles. The number of unbranched alkanes of at least 4 members (excludes halogenated alkanes) is 1. The van der Waals surface area contributed by atoms with Gasteiger partial charge in [0.25, 0.3) is 11.8 Å². The van der Waals surface area contributed by atoms with Crippen LogP contribution in [0.4, 0.5) is 5.69 Å². The maximum Gasteiger partial charge on any atom is 0.264 e. The van der Waals surface area contributed by atoms with Crippen LogP contribution in [0, 0.1) is 0 Å². The van der Waals surface area contributed by atoms with Gasteiger partial charge in [-0.25, -0.2) is 0 Å². The second-order valence-corrected chi connectivity index (χ2v) is 7.35. The maximum atomic E-state index is 12.9. The molecule has 2 aliphatic heterocycles. The number of nitrogens with one attached hydrogen (secondary N) is 3. The standard InChI is InChI=1S/C19H21BrN4O5/c20-10-15(26)22-9-2-1-8-21-12-5-3-4-11-16(12)19(29)24(18(11)28)13-6-7-14(25)23-17(13)27/h3-5,13,21H,1-2,6-10H2,(H,22,26)(H,23,25,27). The number of rotatable bonds is 8. The molecule has 10 heteroatoms. The molecule has 3 N–H and O–H groups in total. The molecule has 0 saturated carbocycles. The monoisotopic (exact) mass is 464 g/mol. The lowest BCUT2D eigenvalue weighted by Crippen LogP contribution is -2.54. The van der Waals surface area contributed by atoms with Gasteiger partial charge < -0.3 is 10.6 Å². The van der Waals surface area contributed by atoms with Crippen molar-refractivity contribution < 1.29 is 24.0 Å². The molecule has 2 heterocycles. The van der Waals surface area contributed by atoms with Crippen molar-refractivity contribution in [3.8, 4) is 0 Å². The van der Waals surface area contributed by atoms with Crippen LogP contribution in [0.25, 0.3) is 0 Å². The second kappa shape index (κ2) is 9.17. The third-order valence-corrected chi connectivity index (χ3v) is 5.34. The van der Waals surface area contributed by atoms with E-state index in [0.717, 1.165) is 17.7 Å². The first-order valence-corrected chi connectivity index (χ1v) is 10.5. The summed E-state index contributed by atoms with van der Waals surface area (Å²) in [7, 11) is 0. The number of carbonyl (C=O) groups is 5. The number of halogens is 1. The summed E-state index contributed by atoms with van der Waals surface area (Å²) in [4.78, 5) is 61.3. The van der Waals surface area contributed by atoms with Crippen LogP contribution in [0.2, 0.25) is 0 Å². The highest BCUT2D eigenvalue weighted by Gasteiger charge is 2.45. The van der Waals surface area contributed by atoms with Crippen molar-refractivity contribution in [1.82, 2.24) is 15.5 Å². The number of hydrogen-bond acceptors (Lipinski definition) is 6. The van der Waals surface area contributed by atoms with Crippen LogP contribution in [0.1, 0.15) is 46.4 Å². The Morgan fingerprint density at radius 2 is 1.90 bits per heavy atom. The number of alkyl halides is 1. The summed E-state index contributed by atoms with van der Waals surface area (Å²) < 4.78 is 0. The van der Waals surface area contributed by atoms with Gasteiger partial charge >= 0.3 is 0 Å². The van der Waals surface area contributed by atoms with Gasteiger partial charge in [0.2, 0.25) is 17.7 Å². The molecule has 0 aromatic heterocycles. The van der Waals surface area contributed by atoms with E-state index in [1.165, 1.54) is 0 Å². The van der Waals surface area contributed by atoms with E-state index < -0.39 is 29.7 Å². The maximum absolute atomic E-state index is 12.9. The Hall–Kier alpha value is -2.75. The molecule has 1 unspecified atom stereocenters. The highest BCUT2D eigenvalue weighted by molar-refractivity contribution is 9.09. The van der Waals surface area contributed by atoms with E-state index >= 15 is 0 Å². The van der Waals surface area contributed by atoms with Crippen molar-refractivity contribution in [2.45, 2.75) is 31.7 Å². The van der Waals surface area contributed by atoms with Crippen LogP contribution in [0.3, 0.4) is 0 Å². The number of carbonyl (C=O) groups excluding carboxylic acids is 5. The molecule has 3 rings (SSSR count). The van der Waals surface area contributed by atoms with Crippen molar-refractivity contribution in [2.75, 3.05) is 23.7 Å². The fourth-order valence-corrected chi connectivity index (χ4v) is 3.61. The molecule has 0 aliphatic carbocycles. The third kappa shape index (κ3) is 4.47. The molecule has 2 aliphatic rings. The molecule has 1 fully saturated rings. The Kier molecular flexibility index (Phi) is 6.63. The van der Waals surface area contributed by atoms with Crippen LogP contribution in [0.5, 0.6) is 0 Å². The van der Waals surface area contributed by atoms with Gasteiger partial charge in [-0.2, -0.15) is 0 Å². The van der Waals surface area contributed by atoms with E-state index in [4.69, 9.17) is 0 Å². The lowest BCUT2D eigenvalue weighted by atomic mass is 10.0. The Balaban J connectivity index is 1.65. The van der Waals surface area contributed by atoms with Crippen molar-refractivity contribution in [2.24, 2.45) is 0 Å².